The molecular weight excluding hydrogens is 306 g/mol. The van der Waals surface area contributed by atoms with E-state index >= 15 is 0 Å². The molecular formula is C12H14ClNO5S. The largest absolute Gasteiger partial charge is 0.478 e. The number of β-amino-alcohol motifs (C(OH)–C–C–N with tert-alkyl or cyclic N) is 1. The highest BCUT2D eigenvalue weighted by Crippen LogP contribution is 2.28. The second-order valence-corrected chi connectivity index (χ2v) is 7.03. The van der Waals surface area contributed by atoms with E-state index in [0.29, 0.717) is 6.42 Å². The van der Waals surface area contributed by atoms with E-state index in [2.05, 4.69) is 0 Å². The van der Waals surface area contributed by atoms with Crippen LogP contribution in [-0.4, -0.2) is 48.1 Å². The van der Waals surface area contributed by atoms with Crippen LogP contribution < -0.4 is 0 Å². The van der Waals surface area contributed by atoms with Crippen LogP contribution in [0.3, 0.4) is 0 Å². The minimum atomic E-state index is -3.86. The number of rotatable bonds is 3. The summed E-state index contributed by atoms with van der Waals surface area (Å²) < 4.78 is 26.1. The Balaban J connectivity index is 2.55. The molecule has 0 spiro atoms. The predicted molar refractivity (Wildman–Crippen MR) is 72.5 cm³/mol. The van der Waals surface area contributed by atoms with Gasteiger partial charge < -0.3 is 10.2 Å². The van der Waals surface area contributed by atoms with Gasteiger partial charge in [-0.25, -0.2) is 13.2 Å². The molecule has 1 saturated heterocycles. The lowest BCUT2D eigenvalue weighted by molar-refractivity contribution is 0.0695. The predicted octanol–water partition coefficient (Wildman–Crippen LogP) is 1.10. The van der Waals surface area contributed by atoms with Crippen molar-refractivity contribution in [1.82, 2.24) is 4.31 Å². The van der Waals surface area contributed by atoms with E-state index in [1.807, 2.05) is 0 Å². The molecule has 0 radical (unpaired) electrons. The summed E-state index contributed by atoms with van der Waals surface area (Å²) in [4.78, 5) is 11.0. The number of carbonyl (C=O) groups is 1. The average Bonchev–Trinajstić information content (AvgIpc) is 2.78. The molecule has 2 rings (SSSR count). The minimum Gasteiger partial charge on any atom is -0.478 e. The first kappa shape index (κ1) is 15.2. The number of hydrogen-bond donors (Lipinski definition) is 2. The first-order valence-electron chi connectivity index (χ1n) is 5.95. The molecule has 0 bridgehead atoms. The van der Waals surface area contributed by atoms with E-state index in [-0.39, 0.29) is 34.1 Å². The summed E-state index contributed by atoms with van der Waals surface area (Å²) >= 11 is 5.81. The third-order valence-electron chi connectivity index (χ3n) is 3.30. The van der Waals surface area contributed by atoms with Gasteiger partial charge in [-0.3, -0.25) is 0 Å². The molecule has 1 heterocycles. The maximum Gasteiger partial charge on any atom is 0.336 e. The van der Waals surface area contributed by atoms with Gasteiger partial charge in [0.2, 0.25) is 10.0 Å². The molecule has 1 aromatic carbocycles. The van der Waals surface area contributed by atoms with Crippen LogP contribution in [0.4, 0.5) is 0 Å². The number of aromatic carboxylic acids is 1. The van der Waals surface area contributed by atoms with Crippen LogP contribution in [-0.2, 0) is 10.0 Å². The van der Waals surface area contributed by atoms with Gasteiger partial charge in [0.05, 0.1) is 16.6 Å². The van der Waals surface area contributed by atoms with Crippen LogP contribution in [0.5, 0.6) is 0 Å². The average molecular weight is 320 g/mol. The molecule has 20 heavy (non-hydrogen) atoms. The molecule has 1 aliphatic heterocycles. The molecule has 1 atom stereocenters. The third-order valence-corrected chi connectivity index (χ3v) is 5.51. The second kappa shape index (κ2) is 5.33. The molecule has 0 aromatic heterocycles. The van der Waals surface area contributed by atoms with E-state index in [4.69, 9.17) is 16.7 Å². The minimum absolute atomic E-state index is 0.0106. The Hall–Kier alpha value is -1.15. The van der Waals surface area contributed by atoms with E-state index < -0.39 is 22.1 Å². The zero-order chi connectivity index (χ0) is 15.1. The van der Waals surface area contributed by atoms with Crippen molar-refractivity contribution in [2.24, 2.45) is 0 Å². The Bertz CT molecular complexity index is 658. The summed E-state index contributed by atoms with van der Waals surface area (Å²) in [6.45, 7) is 1.65. The Morgan fingerprint density at radius 3 is 2.60 bits per heavy atom. The Labute approximate surface area is 121 Å². The van der Waals surface area contributed by atoms with Crippen molar-refractivity contribution in [2.75, 3.05) is 13.1 Å². The van der Waals surface area contributed by atoms with E-state index in [1.165, 1.54) is 19.1 Å². The van der Waals surface area contributed by atoms with Crippen LogP contribution in [0.25, 0.3) is 0 Å². The number of sulfonamides is 1. The third kappa shape index (κ3) is 2.67. The zero-order valence-corrected chi connectivity index (χ0v) is 12.3. The van der Waals surface area contributed by atoms with Gasteiger partial charge in [0.25, 0.3) is 0 Å². The highest BCUT2D eigenvalue weighted by atomic mass is 35.5. The monoisotopic (exact) mass is 319 g/mol. The molecule has 1 aliphatic rings. The topological polar surface area (TPSA) is 94.9 Å². The van der Waals surface area contributed by atoms with Crippen LogP contribution in [0.1, 0.15) is 22.3 Å². The van der Waals surface area contributed by atoms with Crippen LogP contribution in [0.2, 0.25) is 5.02 Å². The van der Waals surface area contributed by atoms with Gasteiger partial charge in [-0.1, -0.05) is 11.6 Å². The number of hydrogen-bond acceptors (Lipinski definition) is 4. The molecule has 6 nitrogen and oxygen atoms in total. The molecule has 0 aliphatic carbocycles. The summed E-state index contributed by atoms with van der Waals surface area (Å²) in [5.74, 6) is -1.23. The van der Waals surface area contributed by atoms with Gasteiger partial charge in [-0.15, -0.1) is 0 Å². The van der Waals surface area contributed by atoms with Crippen molar-refractivity contribution in [3.8, 4) is 0 Å². The van der Waals surface area contributed by atoms with Gasteiger partial charge in [0.1, 0.15) is 0 Å². The number of carboxylic acid groups (broad SMARTS) is 1. The molecule has 2 N–H and O–H groups in total. The molecule has 1 unspecified atom stereocenters. The molecule has 1 aromatic rings. The summed E-state index contributed by atoms with van der Waals surface area (Å²) in [6, 6.07) is 2.46. The second-order valence-electron chi connectivity index (χ2n) is 4.69. The molecule has 8 heteroatoms. The van der Waals surface area contributed by atoms with Gasteiger partial charge in [0.15, 0.2) is 0 Å². The van der Waals surface area contributed by atoms with Gasteiger partial charge >= 0.3 is 5.97 Å². The SMILES string of the molecule is Cc1c(C(=O)O)cc(Cl)cc1S(=O)(=O)N1CCC(O)C1. The molecule has 0 amide bonds. The summed E-state index contributed by atoms with van der Waals surface area (Å²) in [7, 11) is -3.86. The summed E-state index contributed by atoms with van der Waals surface area (Å²) in [5.41, 5.74) is -0.000824. The van der Waals surface area contributed by atoms with E-state index in [1.54, 1.807) is 0 Å². The van der Waals surface area contributed by atoms with E-state index in [9.17, 15) is 18.3 Å². The highest BCUT2D eigenvalue weighted by molar-refractivity contribution is 7.89. The Kier molecular flexibility index (Phi) is 4.06. The van der Waals surface area contributed by atoms with Crippen molar-refractivity contribution in [1.29, 1.82) is 0 Å². The molecule has 110 valence electrons. The fourth-order valence-electron chi connectivity index (χ4n) is 2.21. The highest BCUT2D eigenvalue weighted by Gasteiger charge is 2.33. The first-order valence-corrected chi connectivity index (χ1v) is 7.77. The van der Waals surface area contributed by atoms with Crippen molar-refractivity contribution < 1.29 is 23.4 Å². The number of aliphatic hydroxyl groups excluding tert-OH is 1. The molecule has 1 fully saturated rings. The number of halogens is 1. The Morgan fingerprint density at radius 2 is 2.10 bits per heavy atom. The van der Waals surface area contributed by atoms with Crippen molar-refractivity contribution in [3.63, 3.8) is 0 Å². The van der Waals surface area contributed by atoms with Gasteiger partial charge in [0, 0.05) is 18.1 Å². The number of carboxylic acids is 1. The standard InChI is InChI=1S/C12H14ClNO5S/c1-7-10(12(16)17)4-8(13)5-11(7)20(18,19)14-3-2-9(15)6-14/h4-5,9,15H,2-3,6H2,1H3,(H,16,17). The molecule has 0 saturated carbocycles. The number of benzene rings is 1. The number of nitrogens with zero attached hydrogens (tertiary/aromatic N) is 1. The van der Waals surface area contributed by atoms with Gasteiger partial charge in [-0.05, 0) is 31.0 Å². The fraction of sp³-hybridized carbons (Fsp3) is 0.417. The zero-order valence-electron chi connectivity index (χ0n) is 10.7. The normalized spacial score (nSPS) is 20.2. The quantitative estimate of drug-likeness (QED) is 0.870. The lowest BCUT2D eigenvalue weighted by Gasteiger charge is -2.18. The van der Waals surface area contributed by atoms with Crippen LogP contribution >= 0.6 is 11.6 Å². The van der Waals surface area contributed by atoms with Crippen molar-refractivity contribution >= 4 is 27.6 Å². The Morgan fingerprint density at radius 1 is 1.45 bits per heavy atom. The first-order chi connectivity index (χ1) is 9.23. The summed E-state index contributed by atoms with van der Waals surface area (Å²) in [5, 5.41) is 18.6. The lowest BCUT2D eigenvalue weighted by Crippen LogP contribution is -2.30. The van der Waals surface area contributed by atoms with Crippen LogP contribution in [0, 0.1) is 6.92 Å². The van der Waals surface area contributed by atoms with Crippen molar-refractivity contribution in [2.45, 2.75) is 24.3 Å². The maximum atomic E-state index is 12.5. The smallest absolute Gasteiger partial charge is 0.336 e. The van der Waals surface area contributed by atoms with Gasteiger partial charge in [-0.2, -0.15) is 4.31 Å². The number of aliphatic hydroxyl groups is 1. The van der Waals surface area contributed by atoms with Crippen molar-refractivity contribution in [3.05, 3.63) is 28.3 Å². The fourth-order valence-corrected chi connectivity index (χ4v) is 4.26. The summed E-state index contributed by atoms with van der Waals surface area (Å²) in [6.07, 6.45) is -0.326. The lowest BCUT2D eigenvalue weighted by atomic mass is 10.1. The maximum absolute atomic E-state index is 12.5. The van der Waals surface area contributed by atoms with Crippen LogP contribution in [0.15, 0.2) is 17.0 Å². The van der Waals surface area contributed by atoms with E-state index in [0.717, 1.165) is 4.31 Å².